The number of nitrogens with one attached hydrogen (secondary N) is 1. The highest BCUT2D eigenvalue weighted by atomic mass is 35.5. The van der Waals surface area contributed by atoms with Crippen LogP contribution in [0, 0.1) is 6.92 Å². The van der Waals surface area contributed by atoms with Gasteiger partial charge in [-0.15, -0.1) is 0 Å². The number of rotatable bonds is 4. The van der Waals surface area contributed by atoms with Crippen molar-refractivity contribution in [3.8, 4) is 0 Å². The molecule has 0 unspecified atom stereocenters. The number of aryl methyl sites for hydroxylation is 2. The first kappa shape index (κ1) is 19.9. The first-order valence-corrected chi connectivity index (χ1v) is 9.76. The van der Waals surface area contributed by atoms with Crippen molar-refractivity contribution in [1.29, 1.82) is 0 Å². The Kier molecular flexibility index (Phi) is 5.95. The summed E-state index contributed by atoms with van der Waals surface area (Å²) in [6, 6.07) is 2.81. The van der Waals surface area contributed by atoms with Gasteiger partial charge in [0.05, 0.1) is 22.0 Å². The number of benzene rings is 1. The van der Waals surface area contributed by atoms with Gasteiger partial charge in [0, 0.05) is 11.4 Å². The summed E-state index contributed by atoms with van der Waals surface area (Å²) in [6.45, 7) is 1.93. The summed E-state index contributed by atoms with van der Waals surface area (Å²) in [5.74, 6) is -0.495. The molecule has 0 spiro atoms. The van der Waals surface area contributed by atoms with E-state index in [0.717, 1.165) is 67.0 Å². The van der Waals surface area contributed by atoms with Crippen LogP contribution in [0.4, 0.5) is 18.9 Å². The molecule has 0 saturated carbocycles. The van der Waals surface area contributed by atoms with E-state index in [4.69, 9.17) is 11.6 Å². The molecule has 4 nitrogen and oxygen atoms in total. The maximum atomic E-state index is 12.8. The summed E-state index contributed by atoms with van der Waals surface area (Å²) < 4.78 is 38.4. The van der Waals surface area contributed by atoms with Gasteiger partial charge >= 0.3 is 6.18 Å². The van der Waals surface area contributed by atoms with E-state index < -0.39 is 17.6 Å². The van der Waals surface area contributed by atoms with Crippen molar-refractivity contribution in [1.82, 2.24) is 9.97 Å². The largest absolute Gasteiger partial charge is 0.416 e. The first-order valence-electron chi connectivity index (χ1n) is 8.40. The van der Waals surface area contributed by atoms with Gasteiger partial charge in [-0.05, 0) is 56.4 Å². The number of aromatic nitrogens is 2. The lowest BCUT2D eigenvalue weighted by Gasteiger charge is -2.17. The van der Waals surface area contributed by atoms with Crippen molar-refractivity contribution in [2.24, 2.45) is 0 Å². The van der Waals surface area contributed by atoms with E-state index in [9.17, 15) is 18.0 Å². The van der Waals surface area contributed by atoms with Gasteiger partial charge in [-0.2, -0.15) is 13.2 Å². The number of carbonyl (C=O) groups is 1. The molecular formula is C18H17ClF3N3OS. The Hall–Kier alpha value is -1.80. The van der Waals surface area contributed by atoms with Crippen molar-refractivity contribution in [2.45, 2.75) is 43.9 Å². The van der Waals surface area contributed by atoms with Gasteiger partial charge in [-0.25, -0.2) is 9.97 Å². The summed E-state index contributed by atoms with van der Waals surface area (Å²) in [5.41, 5.74) is 2.19. The number of carbonyl (C=O) groups excluding carboxylic acids is 1. The molecule has 0 radical (unpaired) electrons. The molecule has 1 N–H and O–H groups in total. The van der Waals surface area contributed by atoms with E-state index in [-0.39, 0.29) is 16.5 Å². The standard InChI is InChI=1S/C18H17ClF3N3OS/c1-10-12-4-2-3-5-14(12)25-17(23-10)27-9-16(26)24-15-8-11(18(20,21)22)6-7-13(15)19/h6-8H,2-5,9H2,1H3,(H,24,26). The van der Waals surface area contributed by atoms with Crippen molar-refractivity contribution in [2.75, 3.05) is 11.1 Å². The zero-order chi connectivity index (χ0) is 19.6. The average Bonchev–Trinajstić information content (AvgIpc) is 2.61. The lowest BCUT2D eigenvalue weighted by atomic mass is 9.95. The lowest BCUT2D eigenvalue weighted by molar-refractivity contribution is -0.137. The fraction of sp³-hybridized carbons (Fsp3) is 0.389. The van der Waals surface area contributed by atoms with Crippen molar-refractivity contribution >= 4 is 35.0 Å². The summed E-state index contributed by atoms with van der Waals surface area (Å²) >= 11 is 7.04. The molecule has 1 heterocycles. The van der Waals surface area contributed by atoms with Crippen LogP contribution in [0.1, 0.15) is 35.4 Å². The maximum Gasteiger partial charge on any atom is 0.416 e. The second-order valence-corrected chi connectivity index (χ2v) is 7.60. The van der Waals surface area contributed by atoms with E-state index in [0.29, 0.717) is 5.16 Å². The fourth-order valence-corrected chi connectivity index (χ4v) is 3.81. The van der Waals surface area contributed by atoms with Gasteiger partial charge in [0.15, 0.2) is 5.16 Å². The quantitative estimate of drug-likeness (QED) is 0.559. The van der Waals surface area contributed by atoms with Gasteiger partial charge in [-0.1, -0.05) is 23.4 Å². The molecular weight excluding hydrogens is 399 g/mol. The molecule has 144 valence electrons. The number of amides is 1. The van der Waals surface area contributed by atoms with Gasteiger partial charge in [0.1, 0.15) is 0 Å². The van der Waals surface area contributed by atoms with Crippen LogP contribution in [0.2, 0.25) is 5.02 Å². The van der Waals surface area contributed by atoms with Crippen molar-refractivity contribution in [3.63, 3.8) is 0 Å². The molecule has 9 heteroatoms. The van der Waals surface area contributed by atoms with Crippen LogP contribution in [0.3, 0.4) is 0 Å². The van der Waals surface area contributed by atoms with Gasteiger partial charge in [-0.3, -0.25) is 4.79 Å². The van der Waals surface area contributed by atoms with Crippen molar-refractivity contribution in [3.05, 3.63) is 45.7 Å². The third-order valence-corrected chi connectivity index (χ3v) is 5.45. The Labute approximate surface area is 163 Å². The monoisotopic (exact) mass is 415 g/mol. The van der Waals surface area contributed by atoms with Crippen LogP contribution in [-0.2, 0) is 23.8 Å². The predicted molar refractivity (Wildman–Crippen MR) is 99.2 cm³/mol. The first-order chi connectivity index (χ1) is 12.7. The molecule has 27 heavy (non-hydrogen) atoms. The minimum absolute atomic E-state index is 0.0230. The molecule has 3 rings (SSSR count). The predicted octanol–water partition coefficient (Wildman–Crippen LogP) is 5.07. The summed E-state index contributed by atoms with van der Waals surface area (Å²) in [7, 11) is 0. The lowest BCUT2D eigenvalue weighted by Crippen LogP contribution is -2.16. The van der Waals surface area contributed by atoms with Crippen LogP contribution >= 0.6 is 23.4 Å². The SMILES string of the molecule is Cc1nc(SCC(=O)Nc2cc(C(F)(F)F)ccc2Cl)nc2c1CCCC2. The van der Waals surface area contributed by atoms with Crippen LogP contribution in [0.25, 0.3) is 0 Å². The Morgan fingerprint density at radius 3 is 2.74 bits per heavy atom. The highest BCUT2D eigenvalue weighted by Crippen LogP contribution is 2.34. The number of anilines is 1. The van der Waals surface area contributed by atoms with E-state index in [1.807, 2.05) is 6.92 Å². The molecule has 1 aromatic carbocycles. The van der Waals surface area contributed by atoms with E-state index in [2.05, 4.69) is 15.3 Å². The van der Waals surface area contributed by atoms with Gasteiger partial charge < -0.3 is 5.32 Å². The Balaban J connectivity index is 1.66. The van der Waals surface area contributed by atoms with Crippen molar-refractivity contribution < 1.29 is 18.0 Å². The smallest absolute Gasteiger partial charge is 0.324 e. The zero-order valence-electron chi connectivity index (χ0n) is 14.5. The van der Waals surface area contributed by atoms with Gasteiger partial charge in [0.25, 0.3) is 0 Å². The molecule has 1 aliphatic rings. The summed E-state index contributed by atoms with van der Waals surface area (Å²) in [4.78, 5) is 21.1. The number of hydrogen-bond acceptors (Lipinski definition) is 4. The second kappa shape index (κ2) is 8.06. The normalized spacial score (nSPS) is 14.0. The molecule has 1 aromatic heterocycles. The van der Waals surface area contributed by atoms with E-state index in [1.165, 1.54) is 5.56 Å². The number of nitrogens with zero attached hydrogens (tertiary/aromatic N) is 2. The topological polar surface area (TPSA) is 54.9 Å². The third kappa shape index (κ3) is 4.93. The Morgan fingerprint density at radius 2 is 2.00 bits per heavy atom. The Morgan fingerprint density at radius 1 is 1.26 bits per heavy atom. The average molecular weight is 416 g/mol. The number of fused-ring (bicyclic) bond motifs is 1. The summed E-state index contributed by atoms with van der Waals surface area (Å²) in [5, 5.41) is 2.96. The molecule has 2 aromatic rings. The molecule has 0 atom stereocenters. The number of halogens is 4. The van der Waals surface area contributed by atoms with Crippen LogP contribution < -0.4 is 5.32 Å². The minimum Gasteiger partial charge on any atom is -0.324 e. The molecule has 0 aliphatic heterocycles. The van der Waals surface area contributed by atoms with Crippen LogP contribution in [0.5, 0.6) is 0 Å². The fourth-order valence-electron chi connectivity index (χ4n) is 2.93. The maximum absolute atomic E-state index is 12.8. The third-order valence-electron chi connectivity index (χ3n) is 4.27. The van der Waals surface area contributed by atoms with Crippen LogP contribution in [0.15, 0.2) is 23.4 Å². The van der Waals surface area contributed by atoms with E-state index >= 15 is 0 Å². The summed E-state index contributed by atoms with van der Waals surface area (Å²) in [6.07, 6.45) is -0.418. The number of alkyl halides is 3. The minimum atomic E-state index is -4.51. The zero-order valence-corrected chi connectivity index (χ0v) is 16.1. The highest BCUT2D eigenvalue weighted by molar-refractivity contribution is 7.99. The second-order valence-electron chi connectivity index (χ2n) is 6.25. The molecule has 1 amide bonds. The highest BCUT2D eigenvalue weighted by Gasteiger charge is 2.31. The number of hydrogen-bond donors (Lipinski definition) is 1. The van der Waals surface area contributed by atoms with Gasteiger partial charge in [0.2, 0.25) is 5.91 Å². The molecule has 0 bridgehead atoms. The number of thioether (sulfide) groups is 1. The van der Waals surface area contributed by atoms with Crippen LogP contribution in [-0.4, -0.2) is 21.6 Å². The van der Waals surface area contributed by atoms with E-state index in [1.54, 1.807) is 0 Å². The Bertz CT molecular complexity index is 874. The molecule has 0 fully saturated rings. The molecule has 1 aliphatic carbocycles. The molecule has 0 saturated heterocycles.